The normalized spacial score (nSPS) is 9.40. The molecule has 0 fully saturated rings. The fraction of sp³-hybridized carbons (Fsp3) is 0.143. The van der Waals surface area contributed by atoms with Crippen molar-refractivity contribution in [2.75, 3.05) is 12.4 Å². The van der Waals surface area contributed by atoms with Gasteiger partial charge in [0.15, 0.2) is 0 Å². The van der Waals surface area contributed by atoms with Crippen molar-refractivity contribution in [3.8, 4) is 5.75 Å². The van der Waals surface area contributed by atoms with Gasteiger partial charge in [-0.2, -0.15) is 0 Å². The molecule has 3 heteroatoms. The first-order valence-electron chi connectivity index (χ1n) is 2.91. The van der Waals surface area contributed by atoms with Crippen molar-refractivity contribution in [1.82, 2.24) is 0 Å². The van der Waals surface area contributed by atoms with Crippen LogP contribution >= 0.6 is 0 Å². The van der Waals surface area contributed by atoms with Crippen LogP contribution < -0.4 is 5.32 Å². The monoisotopic (exact) mass is 141 g/mol. The first-order chi connectivity index (χ1) is 4.75. The first kappa shape index (κ1) is 6.86. The maximum absolute atomic E-state index is 12.6. The molecule has 1 aromatic carbocycles. The maximum Gasteiger partial charge on any atom is 0.150 e. The Bertz CT molecular complexity index is 217. The summed E-state index contributed by atoms with van der Waals surface area (Å²) in [6.07, 6.45) is 0. The zero-order chi connectivity index (χ0) is 7.56. The van der Waals surface area contributed by atoms with Gasteiger partial charge in [0, 0.05) is 7.05 Å². The summed E-state index contributed by atoms with van der Waals surface area (Å²) >= 11 is 0. The molecule has 0 aliphatic heterocycles. The van der Waals surface area contributed by atoms with Crippen LogP contribution in [0.2, 0.25) is 0 Å². The Balaban J connectivity index is 3.17. The highest BCUT2D eigenvalue weighted by atomic mass is 19.1. The number of nitrogens with one attached hydrogen (secondary N) is 1. The molecular formula is C7H8FNO. The molecule has 0 heterocycles. The molecule has 0 unspecified atom stereocenters. The van der Waals surface area contributed by atoms with Crippen LogP contribution in [0.15, 0.2) is 18.2 Å². The van der Waals surface area contributed by atoms with E-state index in [4.69, 9.17) is 5.11 Å². The van der Waals surface area contributed by atoms with Gasteiger partial charge in [-0.05, 0) is 12.1 Å². The van der Waals surface area contributed by atoms with E-state index in [9.17, 15) is 4.39 Å². The van der Waals surface area contributed by atoms with E-state index in [1.165, 1.54) is 18.2 Å². The minimum Gasteiger partial charge on any atom is -0.506 e. The summed E-state index contributed by atoms with van der Waals surface area (Å²) < 4.78 is 12.6. The predicted molar refractivity (Wildman–Crippen MR) is 37.6 cm³/mol. The number of rotatable bonds is 1. The van der Waals surface area contributed by atoms with Crippen LogP contribution in [0.25, 0.3) is 0 Å². The van der Waals surface area contributed by atoms with E-state index in [0.29, 0.717) is 0 Å². The summed E-state index contributed by atoms with van der Waals surface area (Å²) in [6.45, 7) is 0. The number of anilines is 1. The molecular weight excluding hydrogens is 133 g/mol. The molecule has 0 radical (unpaired) electrons. The Kier molecular flexibility index (Phi) is 1.76. The fourth-order valence-electron chi connectivity index (χ4n) is 0.760. The molecule has 1 rings (SSSR count). The van der Waals surface area contributed by atoms with Crippen molar-refractivity contribution in [2.24, 2.45) is 0 Å². The SMILES string of the molecule is CNc1c(O)cccc1F. The number of phenolic OH excluding ortho intramolecular Hbond substituents is 1. The number of aromatic hydroxyl groups is 1. The first-order valence-corrected chi connectivity index (χ1v) is 2.91. The van der Waals surface area contributed by atoms with Crippen LogP contribution in [0.4, 0.5) is 10.1 Å². The van der Waals surface area contributed by atoms with Crippen LogP contribution in [0.5, 0.6) is 5.75 Å². The van der Waals surface area contributed by atoms with E-state index in [1.807, 2.05) is 0 Å². The Morgan fingerprint density at radius 2 is 2.20 bits per heavy atom. The predicted octanol–water partition coefficient (Wildman–Crippen LogP) is 1.57. The van der Waals surface area contributed by atoms with Gasteiger partial charge in [-0.25, -0.2) is 4.39 Å². The second kappa shape index (κ2) is 2.56. The molecule has 10 heavy (non-hydrogen) atoms. The van der Waals surface area contributed by atoms with Crippen molar-refractivity contribution in [1.29, 1.82) is 0 Å². The lowest BCUT2D eigenvalue weighted by Crippen LogP contribution is -1.91. The number of phenols is 1. The quantitative estimate of drug-likeness (QED) is 0.582. The summed E-state index contributed by atoms with van der Waals surface area (Å²) in [5.74, 6) is -0.509. The Labute approximate surface area is 58.3 Å². The summed E-state index contributed by atoms with van der Waals surface area (Å²) in [6, 6.07) is 4.16. The van der Waals surface area contributed by atoms with Crippen LogP contribution in [0, 0.1) is 5.82 Å². The zero-order valence-corrected chi connectivity index (χ0v) is 5.56. The van der Waals surface area contributed by atoms with Gasteiger partial charge in [-0.15, -0.1) is 0 Å². The third kappa shape index (κ3) is 1.03. The summed E-state index contributed by atoms with van der Waals surface area (Å²) in [7, 11) is 1.55. The standard InChI is InChI=1S/C7H8FNO/c1-9-7-5(8)3-2-4-6(7)10/h2-4,9-10H,1H3. The van der Waals surface area contributed by atoms with Crippen molar-refractivity contribution in [2.45, 2.75) is 0 Å². The molecule has 0 saturated heterocycles. The average Bonchev–Trinajstić information content (AvgIpc) is 1.88. The largest absolute Gasteiger partial charge is 0.506 e. The molecule has 0 spiro atoms. The number of hydrogen-bond donors (Lipinski definition) is 2. The minimum absolute atomic E-state index is 0.0671. The van der Waals surface area contributed by atoms with Gasteiger partial charge in [-0.1, -0.05) is 6.07 Å². The summed E-state index contributed by atoms with van der Waals surface area (Å²) in [4.78, 5) is 0. The van der Waals surface area contributed by atoms with Gasteiger partial charge in [0.25, 0.3) is 0 Å². The number of hydrogen-bond acceptors (Lipinski definition) is 2. The molecule has 0 aliphatic carbocycles. The van der Waals surface area contributed by atoms with Crippen LogP contribution in [-0.2, 0) is 0 Å². The average molecular weight is 141 g/mol. The molecule has 0 aromatic heterocycles. The molecule has 2 N–H and O–H groups in total. The smallest absolute Gasteiger partial charge is 0.150 e. The second-order valence-electron chi connectivity index (χ2n) is 1.88. The molecule has 2 nitrogen and oxygen atoms in total. The highest BCUT2D eigenvalue weighted by Gasteiger charge is 2.02. The Morgan fingerprint density at radius 3 is 2.60 bits per heavy atom. The molecule has 1 aromatic rings. The number of halogens is 1. The maximum atomic E-state index is 12.6. The lowest BCUT2D eigenvalue weighted by Gasteiger charge is -2.02. The summed E-state index contributed by atoms with van der Waals surface area (Å²) in [5.41, 5.74) is 0.141. The number of benzene rings is 1. The third-order valence-electron chi connectivity index (χ3n) is 1.24. The molecule has 54 valence electrons. The van der Waals surface area contributed by atoms with Crippen molar-refractivity contribution >= 4 is 5.69 Å². The van der Waals surface area contributed by atoms with Gasteiger partial charge in [0.2, 0.25) is 0 Å². The van der Waals surface area contributed by atoms with E-state index in [-0.39, 0.29) is 11.4 Å². The highest BCUT2D eigenvalue weighted by molar-refractivity contribution is 5.55. The molecule has 0 amide bonds. The van der Waals surface area contributed by atoms with Gasteiger partial charge in [-0.3, -0.25) is 0 Å². The van der Waals surface area contributed by atoms with Crippen molar-refractivity contribution in [3.05, 3.63) is 24.0 Å². The summed E-state index contributed by atoms with van der Waals surface area (Å²) in [5, 5.41) is 11.5. The Hall–Kier alpha value is -1.25. The Morgan fingerprint density at radius 1 is 1.50 bits per heavy atom. The van der Waals surface area contributed by atoms with Gasteiger partial charge < -0.3 is 10.4 Å². The van der Waals surface area contributed by atoms with Crippen molar-refractivity contribution in [3.63, 3.8) is 0 Å². The second-order valence-corrected chi connectivity index (χ2v) is 1.88. The van der Waals surface area contributed by atoms with E-state index in [1.54, 1.807) is 7.05 Å². The van der Waals surface area contributed by atoms with Gasteiger partial charge in [0.1, 0.15) is 17.3 Å². The topological polar surface area (TPSA) is 32.3 Å². The molecule has 0 saturated carbocycles. The van der Waals surface area contributed by atoms with E-state index in [2.05, 4.69) is 5.32 Å². The number of para-hydroxylation sites is 1. The molecule has 0 bridgehead atoms. The van der Waals surface area contributed by atoms with E-state index >= 15 is 0 Å². The fourth-order valence-corrected chi connectivity index (χ4v) is 0.760. The molecule has 0 aliphatic rings. The van der Waals surface area contributed by atoms with Gasteiger partial charge >= 0.3 is 0 Å². The van der Waals surface area contributed by atoms with Gasteiger partial charge in [0.05, 0.1) is 0 Å². The van der Waals surface area contributed by atoms with Crippen LogP contribution in [0.1, 0.15) is 0 Å². The molecule has 0 atom stereocenters. The van der Waals surface area contributed by atoms with E-state index in [0.717, 1.165) is 0 Å². The van der Waals surface area contributed by atoms with Crippen LogP contribution in [0.3, 0.4) is 0 Å². The lowest BCUT2D eigenvalue weighted by molar-refractivity contribution is 0.472. The van der Waals surface area contributed by atoms with E-state index < -0.39 is 5.82 Å². The highest BCUT2D eigenvalue weighted by Crippen LogP contribution is 2.24. The van der Waals surface area contributed by atoms with Crippen LogP contribution in [-0.4, -0.2) is 12.2 Å². The zero-order valence-electron chi connectivity index (χ0n) is 5.56. The third-order valence-corrected chi connectivity index (χ3v) is 1.24. The minimum atomic E-state index is -0.442. The lowest BCUT2D eigenvalue weighted by atomic mass is 10.3. The van der Waals surface area contributed by atoms with Crippen molar-refractivity contribution < 1.29 is 9.50 Å².